The Kier molecular flexibility index (Phi) is 5.70. The topological polar surface area (TPSA) is 77.5 Å². The van der Waals surface area contributed by atoms with Gasteiger partial charge >= 0.3 is 0 Å². The van der Waals surface area contributed by atoms with Crippen LogP contribution in [0.3, 0.4) is 0 Å². The van der Waals surface area contributed by atoms with E-state index in [1.165, 1.54) is 6.26 Å². The molecular weight excluding hydrogens is 443 g/mol. The number of anilines is 1. The van der Waals surface area contributed by atoms with E-state index in [-0.39, 0.29) is 23.2 Å². The van der Waals surface area contributed by atoms with Crippen LogP contribution in [0, 0.1) is 5.82 Å². The molecule has 1 N–H and O–H groups in total. The Bertz CT molecular complexity index is 1290. The molecule has 0 saturated heterocycles. The largest absolute Gasteiger partial charge is 0.488 e. The summed E-state index contributed by atoms with van der Waals surface area (Å²) in [6.45, 7) is 1.36. The van der Waals surface area contributed by atoms with Gasteiger partial charge in [-0.15, -0.1) is 0 Å². The van der Waals surface area contributed by atoms with E-state index < -0.39 is 15.7 Å². The van der Waals surface area contributed by atoms with Crippen LogP contribution in [0.2, 0.25) is 0 Å². The normalized spacial score (nSPS) is 15.7. The summed E-state index contributed by atoms with van der Waals surface area (Å²) in [4.78, 5) is 4.62. The van der Waals surface area contributed by atoms with E-state index >= 15 is 4.39 Å². The highest BCUT2D eigenvalue weighted by atomic mass is 32.2. The molecule has 2 heterocycles. The Balaban J connectivity index is 1.46. The molecule has 5 rings (SSSR count). The molecule has 1 fully saturated rings. The van der Waals surface area contributed by atoms with Crippen molar-refractivity contribution in [2.45, 2.75) is 36.7 Å². The fraction of sp³-hybridized carbons (Fsp3) is 0.320. The molecule has 0 bridgehead atoms. The van der Waals surface area contributed by atoms with Gasteiger partial charge < -0.3 is 14.8 Å². The number of nitrogens with zero attached hydrogens (tertiary/aromatic N) is 1. The van der Waals surface area contributed by atoms with Gasteiger partial charge in [-0.3, -0.25) is 0 Å². The quantitative estimate of drug-likeness (QED) is 0.552. The maximum Gasteiger partial charge on any atom is 0.175 e. The number of ether oxygens (including phenoxy) is 2. The van der Waals surface area contributed by atoms with Crippen LogP contribution < -0.4 is 14.8 Å². The van der Waals surface area contributed by atoms with Crippen LogP contribution in [0.25, 0.3) is 11.1 Å². The van der Waals surface area contributed by atoms with Crippen molar-refractivity contribution >= 4 is 15.7 Å². The first kappa shape index (κ1) is 21.7. The maximum atomic E-state index is 15.8. The van der Waals surface area contributed by atoms with Crippen molar-refractivity contribution in [1.29, 1.82) is 0 Å². The summed E-state index contributed by atoms with van der Waals surface area (Å²) in [5.41, 5.74) is 2.67. The Morgan fingerprint density at radius 1 is 1.18 bits per heavy atom. The first-order valence-electron chi connectivity index (χ1n) is 11.0. The lowest BCUT2D eigenvalue weighted by molar-refractivity contribution is 0.278. The van der Waals surface area contributed by atoms with Crippen molar-refractivity contribution in [1.82, 2.24) is 4.98 Å². The van der Waals surface area contributed by atoms with E-state index in [1.54, 1.807) is 42.6 Å². The lowest BCUT2D eigenvalue weighted by Gasteiger charge is -2.28. The summed E-state index contributed by atoms with van der Waals surface area (Å²) in [5, 5.41) is 3.17. The zero-order chi connectivity index (χ0) is 23.0. The molecule has 172 valence electrons. The molecule has 2 aromatic carbocycles. The fourth-order valence-electron chi connectivity index (χ4n) is 4.13. The van der Waals surface area contributed by atoms with Crippen molar-refractivity contribution < 1.29 is 22.3 Å². The molecule has 0 spiro atoms. The molecule has 6 nitrogen and oxygen atoms in total. The molecule has 1 saturated carbocycles. The lowest BCUT2D eigenvalue weighted by Crippen LogP contribution is -2.19. The van der Waals surface area contributed by atoms with Crippen molar-refractivity contribution in [3.05, 3.63) is 65.6 Å². The third-order valence-electron chi connectivity index (χ3n) is 6.22. The second-order valence-corrected chi connectivity index (χ2v) is 10.5. The Morgan fingerprint density at radius 3 is 2.67 bits per heavy atom. The molecule has 0 atom stereocenters. The average Bonchev–Trinajstić information content (AvgIpc) is 2.77. The molecule has 0 amide bonds. The molecule has 33 heavy (non-hydrogen) atoms. The number of hydrogen-bond donors (Lipinski definition) is 1. The Morgan fingerprint density at radius 2 is 1.97 bits per heavy atom. The van der Waals surface area contributed by atoms with Crippen molar-refractivity contribution in [3.8, 4) is 22.6 Å². The van der Waals surface area contributed by atoms with E-state index in [0.29, 0.717) is 35.8 Å². The summed E-state index contributed by atoms with van der Waals surface area (Å²) in [6, 6.07) is 12.0. The van der Waals surface area contributed by atoms with Crippen LogP contribution in [-0.2, 0) is 16.4 Å². The van der Waals surface area contributed by atoms with E-state index in [9.17, 15) is 8.42 Å². The van der Waals surface area contributed by atoms with Gasteiger partial charge in [0.2, 0.25) is 0 Å². The van der Waals surface area contributed by atoms with E-state index in [2.05, 4.69) is 10.3 Å². The highest BCUT2D eigenvalue weighted by Gasteiger charge is 2.27. The van der Waals surface area contributed by atoms with Crippen LogP contribution in [0.1, 0.15) is 36.3 Å². The van der Waals surface area contributed by atoms with E-state index in [0.717, 1.165) is 30.4 Å². The van der Waals surface area contributed by atoms with Gasteiger partial charge in [0.1, 0.15) is 13.2 Å². The fourth-order valence-corrected chi connectivity index (χ4v) is 4.77. The summed E-state index contributed by atoms with van der Waals surface area (Å²) in [6.07, 6.45) is 5.95. The second-order valence-electron chi connectivity index (χ2n) is 8.52. The summed E-state index contributed by atoms with van der Waals surface area (Å²) < 4.78 is 50.9. The number of hydrogen-bond acceptors (Lipinski definition) is 6. The Hall–Kier alpha value is -3.13. The first-order chi connectivity index (χ1) is 15.9. The molecular formula is C25H25FN2O4S. The van der Waals surface area contributed by atoms with Crippen LogP contribution >= 0.6 is 0 Å². The van der Waals surface area contributed by atoms with Crippen molar-refractivity contribution in [2.24, 2.45) is 0 Å². The van der Waals surface area contributed by atoms with Gasteiger partial charge in [-0.05, 0) is 42.5 Å². The van der Waals surface area contributed by atoms with Crippen LogP contribution in [0.15, 0.2) is 53.6 Å². The van der Waals surface area contributed by atoms with Crippen molar-refractivity contribution in [3.63, 3.8) is 0 Å². The van der Waals surface area contributed by atoms with Crippen LogP contribution in [0.5, 0.6) is 11.5 Å². The summed E-state index contributed by atoms with van der Waals surface area (Å²) >= 11 is 0. The minimum Gasteiger partial charge on any atom is -0.488 e. The third kappa shape index (κ3) is 4.39. The first-order valence-corrected chi connectivity index (χ1v) is 12.9. The van der Waals surface area contributed by atoms with Gasteiger partial charge in [-0.25, -0.2) is 17.8 Å². The second kappa shape index (κ2) is 8.67. The van der Waals surface area contributed by atoms with Gasteiger partial charge in [0.25, 0.3) is 0 Å². The molecule has 0 radical (unpaired) electrons. The number of halogens is 1. The molecule has 1 aliphatic heterocycles. The number of nitrogens with one attached hydrogen (secondary N) is 1. The summed E-state index contributed by atoms with van der Waals surface area (Å²) in [7, 11) is -3.27. The average molecular weight is 469 g/mol. The van der Waals surface area contributed by atoms with E-state index in [1.807, 2.05) is 6.07 Å². The zero-order valence-corrected chi connectivity index (χ0v) is 19.1. The van der Waals surface area contributed by atoms with E-state index in [4.69, 9.17) is 9.47 Å². The molecule has 8 heteroatoms. The predicted octanol–water partition coefficient (Wildman–Crippen LogP) is 4.94. The number of sulfone groups is 1. The number of aromatic nitrogens is 1. The predicted molar refractivity (Wildman–Crippen MR) is 124 cm³/mol. The van der Waals surface area contributed by atoms with Crippen LogP contribution in [0.4, 0.5) is 10.2 Å². The SMILES string of the molecule is CS(=O)(=O)c1ccc(COc2c(C3CCC3)ccc(-c3cnc4c(c3)OCCN4)c2F)cc1. The van der Waals surface area contributed by atoms with Crippen molar-refractivity contribution in [2.75, 3.05) is 24.7 Å². The number of pyridine rings is 1. The maximum absolute atomic E-state index is 15.8. The van der Waals surface area contributed by atoms with Gasteiger partial charge in [0.05, 0.1) is 11.4 Å². The third-order valence-corrected chi connectivity index (χ3v) is 7.35. The highest BCUT2D eigenvalue weighted by Crippen LogP contribution is 2.44. The van der Waals surface area contributed by atoms with Crippen LogP contribution in [-0.4, -0.2) is 32.8 Å². The standard InChI is InChI=1S/C25H25FN2O4S/c1-33(29,30)19-7-5-16(6-8-19)15-32-24-21(17-3-2-4-17)10-9-20(23(24)26)18-13-22-25(28-14-18)27-11-12-31-22/h5-10,13-14,17H,2-4,11-12,15H2,1H3,(H,27,28). The monoisotopic (exact) mass is 468 g/mol. The molecule has 2 aliphatic rings. The smallest absolute Gasteiger partial charge is 0.175 e. The lowest BCUT2D eigenvalue weighted by atomic mass is 9.79. The van der Waals surface area contributed by atoms with Gasteiger partial charge in [0.15, 0.2) is 33.0 Å². The highest BCUT2D eigenvalue weighted by molar-refractivity contribution is 7.90. The minimum atomic E-state index is -3.27. The molecule has 1 aliphatic carbocycles. The summed E-state index contributed by atoms with van der Waals surface area (Å²) in [5.74, 6) is 1.38. The molecule has 0 unspecified atom stereocenters. The number of rotatable bonds is 6. The number of benzene rings is 2. The van der Waals surface area contributed by atoms with Gasteiger partial charge in [-0.2, -0.15) is 0 Å². The zero-order valence-electron chi connectivity index (χ0n) is 18.3. The number of fused-ring (bicyclic) bond motifs is 1. The van der Waals surface area contributed by atoms with Gasteiger partial charge in [-0.1, -0.05) is 30.7 Å². The van der Waals surface area contributed by atoms with Gasteiger partial charge in [0, 0.05) is 29.1 Å². The molecule has 3 aromatic rings. The minimum absolute atomic E-state index is 0.138. The molecule has 1 aromatic heterocycles. The Labute approximate surface area is 192 Å².